The summed E-state index contributed by atoms with van der Waals surface area (Å²) in [5.41, 5.74) is 6.42. The van der Waals surface area contributed by atoms with Gasteiger partial charge in [-0.2, -0.15) is 5.10 Å². The average molecular weight is 385 g/mol. The summed E-state index contributed by atoms with van der Waals surface area (Å²) in [6.45, 7) is 7.17. The van der Waals surface area contributed by atoms with Crippen LogP contribution in [0.15, 0.2) is 40.6 Å². The molecule has 1 fully saturated rings. The van der Waals surface area contributed by atoms with Crippen molar-refractivity contribution in [1.82, 2.24) is 15.4 Å². The van der Waals surface area contributed by atoms with Gasteiger partial charge >= 0.3 is 0 Å². The van der Waals surface area contributed by atoms with Crippen LogP contribution < -0.4 is 10.3 Å². The Kier molecular flexibility index (Phi) is 6.78. The Bertz CT molecular complexity index is 784. The molecule has 3 rings (SSSR count). The van der Waals surface area contributed by atoms with E-state index in [1.807, 2.05) is 32.0 Å². The maximum absolute atomic E-state index is 11.9. The van der Waals surface area contributed by atoms with Crippen molar-refractivity contribution in [3.63, 3.8) is 0 Å². The molecule has 2 heterocycles. The molecular formula is C19H23N5O2S. The van der Waals surface area contributed by atoms with Gasteiger partial charge in [-0.15, -0.1) is 0 Å². The predicted octanol–water partition coefficient (Wildman–Crippen LogP) is 2.17. The van der Waals surface area contributed by atoms with E-state index in [1.165, 1.54) is 17.4 Å². The summed E-state index contributed by atoms with van der Waals surface area (Å²) in [5, 5.41) is 4.62. The highest BCUT2D eigenvalue weighted by atomic mass is 32.2. The second-order valence-electron chi connectivity index (χ2n) is 6.21. The van der Waals surface area contributed by atoms with Crippen LogP contribution in [0.4, 0.5) is 5.69 Å². The molecule has 142 valence electrons. The molecule has 1 N–H and O–H groups in total. The van der Waals surface area contributed by atoms with Crippen molar-refractivity contribution >= 4 is 29.6 Å². The summed E-state index contributed by atoms with van der Waals surface area (Å²) in [5.74, 6) is 0.0277. The topological polar surface area (TPSA) is 79.7 Å². The number of rotatable bonds is 6. The number of anilines is 1. The van der Waals surface area contributed by atoms with Crippen molar-refractivity contribution in [2.45, 2.75) is 19.0 Å². The molecule has 0 saturated carbocycles. The first-order chi connectivity index (χ1) is 13.1. The Balaban J connectivity index is 1.46. The molecule has 0 aliphatic carbocycles. The molecule has 1 aliphatic rings. The fourth-order valence-electron chi connectivity index (χ4n) is 2.69. The third kappa shape index (κ3) is 6.04. The van der Waals surface area contributed by atoms with E-state index in [0.29, 0.717) is 5.16 Å². The van der Waals surface area contributed by atoms with Crippen molar-refractivity contribution in [2.75, 3.05) is 37.0 Å². The first-order valence-electron chi connectivity index (χ1n) is 8.80. The number of nitrogens with zero attached hydrogens (tertiary/aromatic N) is 4. The number of carbonyl (C=O) groups excluding carboxylic acids is 1. The van der Waals surface area contributed by atoms with Gasteiger partial charge in [0.25, 0.3) is 5.91 Å². The second-order valence-corrected chi connectivity index (χ2v) is 7.15. The van der Waals surface area contributed by atoms with Crippen LogP contribution in [0.25, 0.3) is 0 Å². The van der Waals surface area contributed by atoms with Gasteiger partial charge in [-0.3, -0.25) is 4.79 Å². The molecule has 1 amide bonds. The number of morpholine rings is 1. The van der Waals surface area contributed by atoms with Crippen molar-refractivity contribution < 1.29 is 9.53 Å². The first-order valence-corrected chi connectivity index (χ1v) is 9.78. The number of nitrogens with one attached hydrogen (secondary N) is 1. The molecule has 0 radical (unpaired) electrons. The molecule has 27 heavy (non-hydrogen) atoms. The van der Waals surface area contributed by atoms with Gasteiger partial charge in [0, 0.05) is 30.2 Å². The summed E-state index contributed by atoms with van der Waals surface area (Å²) < 4.78 is 5.37. The van der Waals surface area contributed by atoms with Crippen LogP contribution in [0.3, 0.4) is 0 Å². The van der Waals surface area contributed by atoms with Gasteiger partial charge in [0.2, 0.25) is 0 Å². The molecule has 1 aromatic heterocycles. The smallest absolute Gasteiger partial charge is 0.250 e. The molecule has 8 heteroatoms. The van der Waals surface area contributed by atoms with E-state index in [4.69, 9.17) is 4.74 Å². The zero-order valence-corrected chi connectivity index (χ0v) is 16.3. The number of hydrazone groups is 1. The number of aromatic nitrogens is 2. The third-order valence-electron chi connectivity index (χ3n) is 3.97. The SMILES string of the molecule is Cc1cc(C)nc(SCC(=O)N/N=C/c2ccc(N3CCOCC3)cc2)n1. The number of aryl methyl sites for hydroxylation is 2. The molecular weight excluding hydrogens is 362 g/mol. The van der Waals surface area contributed by atoms with Gasteiger partial charge < -0.3 is 9.64 Å². The minimum Gasteiger partial charge on any atom is -0.378 e. The Morgan fingerprint density at radius 2 is 1.89 bits per heavy atom. The number of amides is 1. The fourth-order valence-corrected chi connectivity index (χ4v) is 3.43. The van der Waals surface area contributed by atoms with E-state index in [0.717, 1.165) is 43.3 Å². The van der Waals surface area contributed by atoms with Gasteiger partial charge in [0.15, 0.2) is 5.16 Å². The number of hydrogen-bond acceptors (Lipinski definition) is 7. The monoisotopic (exact) mass is 385 g/mol. The summed E-state index contributed by atoms with van der Waals surface area (Å²) >= 11 is 1.30. The quantitative estimate of drug-likeness (QED) is 0.355. The van der Waals surface area contributed by atoms with Crippen molar-refractivity contribution in [1.29, 1.82) is 0 Å². The van der Waals surface area contributed by atoms with E-state index in [-0.39, 0.29) is 11.7 Å². The summed E-state index contributed by atoms with van der Waals surface area (Å²) in [6.07, 6.45) is 1.64. The molecule has 0 atom stereocenters. The lowest BCUT2D eigenvalue weighted by molar-refractivity contribution is -0.118. The molecule has 0 unspecified atom stereocenters. The highest BCUT2D eigenvalue weighted by Gasteiger charge is 2.10. The Morgan fingerprint density at radius 1 is 1.22 bits per heavy atom. The molecule has 1 saturated heterocycles. The number of benzene rings is 1. The van der Waals surface area contributed by atoms with Crippen LogP contribution in [0.5, 0.6) is 0 Å². The van der Waals surface area contributed by atoms with Crippen LogP contribution in [0.2, 0.25) is 0 Å². The van der Waals surface area contributed by atoms with Gasteiger partial charge in [-0.1, -0.05) is 23.9 Å². The number of hydrogen-bond donors (Lipinski definition) is 1. The van der Waals surface area contributed by atoms with Crippen LogP contribution >= 0.6 is 11.8 Å². The van der Waals surface area contributed by atoms with Gasteiger partial charge in [-0.05, 0) is 37.6 Å². The highest BCUT2D eigenvalue weighted by Crippen LogP contribution is 2.16. The summed E-state index contributed by atoms with van der Waals surface area (Å²) in [4.78, 5) is 22.8. The van der Waals surface area contributed by atoms with Crippen LogP contribution in [-0.4, -0.2) is 54.1 Å². The Morgan fingerprint density at radius 3 is 2.56 bits per heavy atom. The summed E-state index contributed by atoms with van der Waals surface area (Å²) in [6, 6.07) is 9.99. The highest BCUT2D eigenvalue weighted by molar-refractivity contribution is 7.99. The van der Waals surface area contributed by atoms with Gasteiger partial charge in [0.05, 0.1) is 25.2 Å². The lowest BCUT2D eigenvalue weighted by Gasteiger charge is -2.28. The average Bonchev–Trinajstić information content (AvgIpc) is 2.67. The normalized spacial score (nSPS) is 14.5. The third-order valence-corrected chi connectivity index (χ3v) is 4.81. The lowest BCUT2D eigenvalue weighted by atomic mass is 10.2. The molecule has 7 nitrogen and oxygen atoms in total. The lowest BCUT2D eigenvalue weighted by Crippen LogP contribution is -2.36. The molecule has 1 aliphatic heterocycles. The van der Waals surface area contributed by atoms with E-state index < -0.39 is 0 Å². The van der Waals surface area contributed by atoms with E-state index >= 15 is 0 Å². The maximum Gasteiger partial charge on any atom is 0.250 e. The van der Waals surface area contributed by atoms with Crippen LogP contribution in [-0.2, 0) is 9.53 Å². The largest absolute Gasteiger partial charge is 0.378 e. The van der Waals surface area contributed by atoms with E-state index in [1.54, 1.807) is 6.21 Å². The minimum atomic E-state index is -0.191. The van der Waals surface area contributed by atoms with Crippen molar-refractivity contribution in [3.05, 3.63) is 47.3 Å². The summed E-state index contributed by atoms with van der Waals surface area (Å²) in [7, 11) is 0. The van der Waals surface area contributed by atoms with Crippen LogP contribution in [0, 0.1) is 13.8 Å². The van der Waals surface area contributed by atoms with Crippen LogP contribution in [0.1, 0.15) is 17.0 Å². The van der Waals surface area contributed by atoms with Gasteiger partial charge in [-0.25, -0.2) is 15.4 Å². The van der Waals surface area contributed by atoms with Crippen molar-refractivity contribution in [3.8, 4) is 0 Å². The fraction of sp³-hybridized carbons (Fsp3) is 0.368. The number of ether oxygens (including phenoxy) is 1. The predicted molar refractivity (Wildman–Crippen MR) is 107 cm³/mol. The molecule has 2 aromatic rings. The zero-order valence-electron chi connectivity index (χ0n) is 15.5. The molecule has 1 aromatic carbocycles. The first kappa shape index (κ1) is 19.3. The van der Waals surface area contributed by atoms with E-state index in [9.17, 15) is 4.79 Å². The minimum absolute atomic E-state index is 0.191. The molecule has 0 spiro atoms. The standard InChI is InChI=1S/C19H23N5O2S/c1-14-11-15(2)22-19(21-14)27-13-18(25)23-20-12-16-3-5-17(6-4-16)24-7-9-26-10-8-24/h3-6,11-12H,7-10,13H2,1-2H3,(H,23,25)/b20-12+. The molecule has 0 bridgehead atoms. The number of carbonyl (C=O) groups is 1. The van der Waals surface area contributed by atoms with Crippen molar-refractivity contribution in [2.24, 2.45) is 5.10 Å². The Labute approximate surface area is 163 Å². The Hall–Kier alpha value is -2.45. The maximum atomic E-state index is 11.9. The zero-order chi connectivity index (χ0) is 19.1. The second kappa shape index (κ2) is 9.48. The van der Waals surface area contributed by atoms with E-state index in [2.05, 4.69) is 37.5 Å². The van der Waals surface area contributed by atoms with Gasteiger partial charge in [0.1, 0.15) is 0 Å². The number of thioether (sulfide) groups is 1.